The Morgan fingerprint density at radius 2 is 2.33 bits per heavy atom. The number of carbonyl (C=O) groups is 2. The average molecular weight is 212 g/mol. The van der Waals surface area contributed by atoms with E-state index < -0.39 is 0 Å². The molecule has 0 atom stereocenters. The molecule has 1 heterocycles. The van der Waals surface area contributed by atoms with E-state index in [9.17, 15) is 9.59 Å². The van der Waals surface area contributed by atoms with Crippen LogP contribution in [0.15, 0.2) is 12.2 Å². The molecule has 0 saturated carbocycles. The molecule has 0 spiro atoms. The molecule has 0 aromatic carbocycles. The lowest BCUT2D eigenvalue weighted by Crippen LogP contribution is -2.52. The highest BCUT2D eigenvalue weighted by atomic mass is 16.5. The molecule has 1 fully saturated rings. The number of rotatable bonds is 5. The monoisotopic (exact) mass is 212 g/mol. The van der Waals surface area contributed by atoms with Gasteiger partial charge in [-0.05, 0) is 6.92 Å². The minimum atomic E-state index is -0.116. The fourth-order valence-corrected chi connectivity index (χ4v) is 1.23. The molecule has 84 valence electrons. The van der Waals surface area contributed by atoms with E-state index in [0.717, 1.165) is 5.57 Å². The molecule has 1 aliphatic heterocycles. The van der Waals surface area contributed by atoms with E-state index in [2.05, 4.69) is 11.9 Å². The van der Waals surface area contributed by atoms with Crippen molar-refractivity contribution in [1.82, 2.24) is 10.2 Å². The number of hydrogen-bond acceptors (Lipinski definition) is 3. The van der Waals surface area contributed by atoms with Crippen LogP contribution in [0, 0.1) is 0 Å². The molecule has 1 saturated heterocycles. The summed E-state index contributed by atoms with van der Waals surface area (Å²) in [6.45, 7) is 7.19. The minimum Gasteiger partial charge on any atom is -0.375 e. The Balaban J connectivity index is 2.21. The molecule has 0 radical (unpaired) electrons. The maximum Gasteiger partial charge on any atom is 0.242 e. The lowest BCUT2D eigenvalue weighted by atomic mass is 10.3. The first-order valence-corrected chi connectivity index (χ1v) is 4.86. The third kappa shape index (κ3) is 4.12. The summed E-state index contributed by atoms with van der Waals surface area (Å²) >= 11 is 0. The average Bonchev–Trinajstić information content (AvgIpc) is 2.17. The van der Waals surface area contributed by atoms with Crippen molar-refractivity contribution < 1.29 is 14.3 Å². The fourth-order valence-electron chi connectivity index (χ4n) is 1.23. The first kappa shape index (κ1) is 11.7. The Hall–Kier alpha value is -1.36. The van der Waals surface area contributed by atoms with Gasteiger partial charge in [0.2, 0.25) is 11.8 Å². The zero-order chi connectivity index (χ0) is 11.3. The molecule has 0 unspecified atom stereocenters. The number of hydrogen-bond donors (Lipinski definition) is 1. The van der Waals surface area contributed by atoms with Crippen molar-refractivity contribution in [2.75, 3.05) is 32.8 Å². The van der Waals surface area contributed by atoms with Crippen molar-refractivity contribution >= 4 is 11.8 Å². The number of nitrogens with zero attached hydrogens (tertiary/aromatic N) is 1. The molecule has 1 N–H and O–H groups in total. The summed E-state index contributed by atoms with van der Waals surface area (Å²) in [6, 6.07) is 0. The molecule has 0 bridgehead atoms. The second-order valence-corrected chi connectivity index (χ2v) is 3.60. The van der Waals surface area contributed by atoms with Crippen LogP contribution in [-0.4, -0.2) is 49.6 Å². The van der Waals surface area contributed by atoms with Crippen molar-refractivity contribution in [2.45, 2.75) is 6.92 Å². The van der Waals surface area contributed by atoms with E-state index >= 15 is 0 Å². The smallest absolute Gasteiger partial charge is 0.242 e. The summed E-state index contributed by atoms with van der Waals surface area (Å²) in [6.07, 6.45) is 0. The van der Waals surface area contributed by atoms with Gasteiger partial charge in [0, 0.05) is 6.54 Å². The van der Waals surface area contributed by atoms with E-state index in [1.54, 1.807) is 0 Å². The van der Waals surface area contributed by atoms with Gasteiger partial charge < -0.3 is 15.0 Å². The molecule has 1 aliphatic rings. The zero-order valence-corrected chi connectivity index (χ0v) is 8.91. The second-order valence-electron chi connectivity index (χ2n) is 3.60. The Morgan fingerprint density at radius 3 is 3.00 bits per heavy atom. The predicted molar refractivity (Wildman–Crippen MR) is 55.2 cm³/mol. The van der Waals surface area contributed by atoms with Gasteiger partial charge in [-0.2, -0.15) is 0 Å². The topological polar surface area (TPSA) is 58.6 Å². The molecule has 5 nitrogen and oxygen atoms in total. The number of amides is 2. The maximum absolute atomic E-state index is 11.3. The molecule has 0 aromatic rings. The van der Waals surface area contributed by atoms with E-state index in [1.807, 2.05) is 6.92 Å². The van der Waals surface area contributed by atoms with Crippen molar-refractivity contribution in [3.63, 3.8) is 0 Å². The molecular weight excluding hydrogens is 196 g/mol. The Labute approximate surface area is 89.1 Å². The zero-order valence-electron chi connectivity index (χ0n) is 8.91. The van der Waals surface area contributed by atoms with Crippen molar-refractivity contribution in [3.05, 3.63) is 12.2 Å². The molecule has 15 heavy (non-hydrogen) atoms. The van der Waals surface area contributed by atoms with E-state index in [1.165, 1.54) is 4.90 Å². The van der Waals surface area contributed by atoms with Gasteiger partial charge >= 0.3 is 0 Å². The quantitative estimate of drug-likeness (QED) is 0.495. The largest absolute Gasteiger partial charge is 0.375 e. The Bertz CT molecular complexity index is 276. The second kappa shape index (κ2) is 5.50. The standard InChI is InChI=1S/C10H16N2O3/c1-8(2)7-15-4-3-12-6-9(13)11-5-10(12)14/h1,3-7H2,2H3,(H,11,13). The third-order valence-electron chi connectivity index (χ3n) is 1.98. The van der Waals surface area contributed by atoms with Gasteiger partial charge in [0.15, 0.2) is 0 Å². The summed E-state index contributed by atoms with van der Waals surface area (Å²) in [4.78, 5) is 23.8. The summed E-state index contributed by atoms with van der Waals surface area (Å²) in [5.41, 5.74) is 0.942. The van der Waals surface area contributed by atoms with Crippen molar-refractivity contribution in [2.24, 2.45) is 0 Å². The number of carbonyl (C=O) groups excluding carboxylic acids is 2. The molecule has 0 aromatic heterocycles. The van der Waals surface area contributed by atoms with Crippen LogP contribution in [0.25, 0.3) is 0 Å². The SMILES string of the molecule is C=C(C)COCCN1CC(=O)NCC1=O. The van der Waals surface area contributed by atoms with Crippen LogP contribution in [0.4, 0.5) is 0 Å². The van der Waals surface area contributed by atoms with Crippen LogP contribution in [-0.2, 0) is 14.3 Å². The van der Waals surface area contributed by atoms with Crippen LogP contribution in [0.1, 0.15) is 6.92 Å². The lowest BCUT2D eigenvalue weighted by molar-refractivity contribution is -0.141. The van der Waals surface area contributed by atoms with E-state index in [0.29, 0.717) is 19.8 Å². The highest BCUT2D eigenvalue weighted by molar-refractivity contribution is 5.92. The molecular formula is C10H16N2O3. The third-order valence-corrected chi connectivity index (χ3v) is 1.98. The van der Waals surface area contributed by atoms with Gasteiger partial charge in [-0.1, -0.05) is 12.2 Å². The predicted octanol–water partition coefficient (Wildman–Crippen LogP) is -0.462. The summed E-state index contributed by atoms with van der Waals surface area (Å²) < 4.78 is 5.26. The van der Waals surface area contributed by atoms with Crippen LogP contribution in [0.2, 0.25) is 0 Å². The summed E-state index contributed by atoms with van der Waals surface area (Å²) in [5.74, 6) is -0.178. The van der Waals surface area contributed by atoms with Crippen LogP contribution in [0.5, 0.6) is 0 Å². The first-order valence-electron chi connectivity index (χ1n) is 4.86. The summed E-state index contributed by atoms with van der Waals surface area (Å²) in [5, 5.41) is 2.49. The minimum absolute atomic E-state index is 0.0616. The van der Waals surface area contributed by atoms with Gasteiger partial charge in [0.25, 0.3) is 0 Å². The first-order chi connectivity index (χ1) is 7.09. The molecule has 2 amide bonds. The van der Waals surface area contributed by atoms with Crippen molar-refractivity contribution in [3.8, 4) is 0 Å². The maximum atomic E-state index is 11.3. The molecule has 1 rings (SSSR count). The lowest BCUT2D eigenvalue weighted by Gasteiger charge is -2.26. The highest BCUT2D eigenvalue weighted by Crippen LogP contribution is 1.96. The van der Waals surface area contributed by atoms with Crippen LogP contribution in [0.3, 0.4) is 0 Å². The fraction of sp³-hybridized carbons (Fsp3) is 0.600. The van der Waals surface area contributed by atoms with Crippen molar-refractivity contribution in [1.29, 1.82) is 0 Å². The highest BCUT2D eigenvalue weighted by Gasteiger charge is 2.22. The summed E-state index contributed by atoms with van der Waals surface area (Å²) in [7, 11) is 0. The molecule has 5 heteroatoms. The van der Waals surface area contributed by atoms with E-state index in [-0.39, 0.29) is 24.9 Å². The van der Waals surface area contributed by atoms with Gasteiger partial charge in [0.05, 0.1) is 26.3 Å². The Morgan fingerprint density at radius 1 is 1.60 bits per heavy atom. The van der Waals surface area contributed by atoms with E-state index in [4.69, 9.17) is 4.74 Å². The Kier molecular flexibility index (Phi) is 4.30. The van der Waals surface area contributed by atoms with Gasteiger partial charge in [-0.25, -0.2) is 0 Å². The van der Waals surface area contributed by atoms with Gasteiger partial charge in [-0.15, -0.1) is 0 Å². The number of ether oxygens (including phenoxy) is 1. The van der Waals surface area contributed by atoms with Gasteiger partial charge in [-0.3, -0.25) is 9.59 Å². The number of nitrogens with one attached hydrogen (secondary N) is 1. The molecule has 0 aliphatic carbocycles. The van der Waals surface area contributed by atoms with Crippen LogP contribution < -0.4 is 5.32 Å². The normalized spacial score (nSPS) is 16.5. The van der Waals surface area contributed by atoms with Gasteiger partial charge in [0.1, 0.15) is 0 Å². The number of piperazine rings is 1. The van der Waals surface area contributed by atoms with Crippen LogP contribution >= 0.6 is 0 Å².